The molecule has 1 heterocycles. The first-order valence-electron chi connectivity index (χ1n) is 5.54. The van der Waals surface area contributed by atoms with Gasteiger partial charge in [-0.05, 0) is 19.4 Å². The van der Waals surface area contributed by atoms with Crippen LogP contribution in [0.2, 0.25) is 0 Å². The Morgan fingerprint density at radius 1 is 1.31 bits per heavy atom. The van der Waals surface area contributed by atoms with Crippen molar-refractivity contribution in [2.45, 2.75) is 32.2 Å². The van der Waals surface area contributed by atoms with Crippen LogP contribution in [0.1, 0.15) is 31.4 Å². The Labute approximate surface area is 95.5 Å². The van der Waals surface area contributed by atoms with Gasteiger partial charge in [-0.15, -0.1) is 0 Å². The second kappa shape index (κ2) is 7.76. The number of nitrogens with one attached hydrogen (secondary N) is 1. The van der Waals surface area contributed by atoms with Gasteiger partial charge in [-0.3, -0.25) is 14.8 Å². The third-order valence-electron chi connectivity index (χ3n) is 2.19. The molecule has 0 radical (unpaired) electrons. The van der Waals surface area contributed by atoms with Gasteiger partial charge in [-0.25, -0.2) is 0 Å². The van der Waals surface area contributed by atoms with Crippen LogP contribution >= 0.6 is 0 Å². The van der Waals surface area contributed by atoms with Crippen LogP contribution < -0.4 is 11.1 Å². The third-order valence-corrected chi connectivity index (χ3v) is 2.19. The Bertz CT molecular complexity index is 302. The number of nitrogens with zero attached hydrogens (tertiary/aromatic N) is 2. The first-order valence-corrected chi connectivity index (χ1v) is 5.54. The minimum absolute atomic E-state index is 0.0580. The summed E-state index contributed by atoms with van der Waals surface area (Å²) in [6.45, 7) is 1.14. The van der Waals surface area contributed by atoms with Gasteiger partial charge in [-0.2, -0.15) is 0 Å². The molecule has 3 N–H and O–H groups in total. The van der Waals surface area contributed by atoms with Gasteiger partial charge < -0.3 is 11.1 Å². The second-order valence-corrected chi connectivity index (χ2v) is 3.57. The van der Waals surface area contributed by atoms with Gasteiger partial charge in [0.05, 0.1) is 18.4 Å². The highest BCUT2D eigenvalue weighted by Crippen LogP contribution is 1.98. The summed E-state index contributed by atoms with van der Waals surface area (Å²) in [4.78, 5) is 19.4. The van der Waals surface area contributed by atoms with E-state index >= 15 is 0 Å². The van der Waals surface area contributed by atoms with Crippen molar-refractivity contribution < 1.29 is 4.79 Å². The summed E-state index contributed by atoms with van der Waals surface area (Å²) in [7, 11) is 0. The number of carbonyl (C=O) groups is 1. The Hall–Kier alpha value is -1.49. The first kappa shape index (κ1) is 12.6. The lowest BCUT2D eigenvalue weighted by atomic mass is 10.2. The van der Waals surface area contributed by atoms with E-state index in [0.29, 0.717) is 19.5 Å². The average molecular weight is 222 g/mol. The van der Waals surface area contributed by atoms with Crippen LogP contribution in [0.3, 0.4) is 0 Å². The number of nitrogens with two attached hydrogens (primary N) is 1. The van der Waals surface area contributed by atoms with Gasteiger partial charge in [-0.1, -0.05) is 6.42 Å². The summed E-state index contributed by atoms with van der Waals surface area (Å²) in [5.74, 6) is 0.0580. The molecule has 0 saturated carbocycles. The zero-order chi connectivity index (χ0) is 11.6. The highest BCUT2D eigenvalue weighted by Gasteiger charge is 2.01. The minimum Gasteiger partial charge on any atom is -0.350 e. The van der Waals surface area contributed by atoms with Gasteiger partial charge in [0, 0.05) is 18.8 Å². The molecular formula is C11H18N4O. The number of carbonyl (C=O) groups excluding carboxylic acids is 1. The van der Waals surface area contributed by atoms with Crippen molar-refractivity contribution in [2.24, 2.45) is 5.73 Å². The molecule has 88 valence electrons. The fourth-order valence-electron chi connectivity index (χ4n) is 1.31. The zero-order valence-corrected chi connectivity index (χ0v) is 9.35. The Kier molecular flexibility index (Phi) is 6.10. The van der Waals surface area contributed by atoms with Crippen LogP contribution in [0.25, 0.3) is 0 Å². The topological polar surface area (TPSA) is 80.9 Å². The summed E-state index contributed by atoms with van der Waals surface area (Å²) >= 11 is 0. The van der Waals surface area contributed by atoms with Crippen molar-refractivity contribution >= 4 is 5.91 Å². The van der Waals surface area contributed by atoms with Gasteiger partial charge >= 0.3 is 0 Å². The van der Waals surface area contributed by atoms with Crippen molar-refractivity contribution in [3.8, 4) is 0 Å². The summed E-state index contributed by atoms with van der Waals surface area (Å²) < 4.78 is 0. The SMILES string of the molecule is NCCCCCC(=O)NCc1cnccn1. The van der Waals surface area contributed by atoms with E-state index in [-0.39, 0.29) is 5.91 Å². The Balaban J connectivity index is 2.11. The highest BCUT2D eigenvalue weighted by molar-refractivity contribution is 5.75. The van der Waals surface area contributed by atoms with Crippen LogP contribution in [-0.4, -0.2) is 22.4 Å². The van der Waals surface area contributed by atoms with Gasteiger partial charge in [0.15, 0.2) is 0 Å². The molecule has 0 fully saturated rings. The maximum absolute atomic E-state index is 11.4. The number of hydrogen-bond acceptors (Lipinski definition) is 4. The van der Waals surface area contributed by atoms with E-state index in [1.54, 1.807) is 18.6 Å². The van der Waals surface area contributed by atoms with E-state index in [4.69, 9.17) is 5.73 Å². The lowest BCUT2D eigenvalue weighted by Crippen LogP contribution is -2.22. The predicted molar refractivity (Wildman–Crippen MR) is 61.4 cm³/mol. The fraction of sp³-hybridized carbons (Fsp3) is 0.545. The molecular weight excluding hydrogens is 204 g/mol. The quantitative estimate of drug-likeness (QED) is 0.662. The molecule has 0 bridgehead atoms. The largest absolute Gasteiger partial charge is 0.350 e. The summed E-state index contributed by atoms with van der Waals surface area (Å²) in [6.07, 6.45) is 8.31. The van der Waals surface area contributed by atoms with Crippen molar-refractivity contribution in [1.29, 1.82) is 0 Å². The van der Waals surface area contributed by atoms with E-state index in [9.17, 15) is 4.79 Å². The Morgan fingerprint density at radius 2 is 2.19 bits per heavy atom. The average Bonchev–Trinajstić information content (AvgIpc) is 2.33. The van der Waals surface area contributed by atoms with Crippen LogP contribution in [0.5, 0.6) is 0 Å². The van der Waals surface area contributed by atoms with Gasteiger partial charge in [0.1, 0.15) is 0 Å². The molecule has 0 spiro atoms. The molecule has 5 heteroatoms. The number of unbranched alkanes of at least 4 members (excludes halogenated alkanes) is 2. The molecule has 16 heavy (non-hydrogen) atoms. The van der Waals surface area contributed by atoms with Crippen LogP contribution in [0.15, 0.2) is 18.6 Å². The third kappa shape index (κ3) is 5.41. The molecule has 1 aromatic heterocycles. The molecule has 0 aliphatic heterocycles. The maximum atomic E-state index is 11.4. The molecule has 1 amide bonds. The molecule has 1 aromatic rings. The highest BCUT2D eigenvalue weighted by atomic mass is 16.1. The fourth-order valence-corrected chi connectivity index (χ4v) is 1.31. The van der Waals surface area contributed by atoms with Crippen LogP contribution in [0.4, 0.5) is 0 Å². The lowest BCUT2D eigenvalue weighted by molar-refractivity contribution is -0.121. The second-order valence-electron chi connectivity index (χ2n) is 3.57. The smallest absolute Gasteiger partial charge is 0.220 e. The van der Waals surface area contributed by atoms with Crippen LogP contribution in [0, 0.1) is 0 Å². The van der Waals surface area contributed by atoms with E-state index in [2.05, 4.69) is 15.3 Å². The molecule has 0 aliphatic rings. The molecule has 0 unspecified atom stereocenters. The van der Waals surface area contributed by atoms with E-state index < -0.39 is 0 Å². The van der Waals surface area contributed by atoms with E-state index in [1.165, 1.54) is 0 Å². The maximum Gasteiger partial charge on any atom is 0.220 e. The van der Waals surface area contributed by atoms with E-state index in [1.807, 2.05) is 0 Å². The molecule has 5 nitrogen and oxygen atoms in total. The molecule has 0 aromatic carbocycles. The number of hydrogen-bond donors (Lipinski definition) is 2. The number of amides is 1. The van der Waals surface area contributed by atoms with Crippen molar-refractivity contribution in [3.63, 3.8) is 0 Å². The molecule has 0 aliphatic carbocycles. The summed E-state index contributed by atoms with van der Waals surface area (Å²) in [5, 5.41) is 2.80. The molecule has 0 saturated heterocycles. The summed E-state index contributed by atoms with van der Waals surface area (Å²) in [6, 6.07) is 0. The standard InChI is InChI=1S/C11H18N4O/c12-5-3-1-2-4-11(16)15-9-10-8-13-6-7-14-10/h6-8H,1-5,9,12H2,(H,15,16). The number of aromatic nitrogens is 2. The monoisotopic (exact) mass is 222 g/mol. The van der Waals surface area contributed by atoms with Gasteiger partial charge in [0.25, 0.3) is 0 Å². The van der Waals surface area contributed by atoms with Crippen molar-refractivity contribution in [1.82, 2.24) is 15.3 Å². The van der Waals surface area contributed by atoms with Crippen molar-refractivity contribution in [2.75, 3.05) is 6.54 Å². The first-order chi connectivity index (χ1) is 7.83. The van der Waals surface area contributed by atoms with Gasteiger partial charge in [0.2, 0.25) is 5.91 Å². The molecule has 0 atom stereocenters. The normalized spacial score (nSPS) is 10.1. The summed E-state index contributed by atoms with van der Waals surface area (Å²) in [5.41, 5.74) is 6.14. The minimum atomic E-state index is 0.0580. The number of rotatable bonds is 7. The van der Waals surface area contributed by atoms with Crippen molar-refractivity contribution in [3.05, 3.63) is 24.3 Å². The predicted octanol–water partition coefficient (Wildman–Crippen LogP) is 0.612. The molecule has 1 rings (SSSR count). The Morgan fingerprint density at radius 3 is 2.88 bits per heavy atom. The van der Waals surface area contributed by atoms with Crippen LogP contribution in [-0.2, 0) is 11.3 Å². The lowest BCUT2D eigenvalue weighted by Gasteiger charge is -2.03. The zero-order valence-electron chi connectivity index (χ0n) is 9.35. The van der Waals surface area contributed by atoms with E-state index in [0.717, 1.165) is 25.0 Å².